The first-order chi connectivity index (χ1) is 9.45. The SMILES string of the molecule is CCC(CC)n1ccc(CC2CC(C)(C)CCC2N)n1. The maximum absolute atomic E-state index is 6.33. The van der Waals surface area contributed by atoms with Crippen molar-refractivity contribution in [3.05, 3.63) is 18.0 Å². The van der Waals surface area contributed by atoms with E-state index in [1.807, 2.05) is 0 Å². The van der Waals surface area contributed by atoms with Gasteiger partial charge in [0.05, 0.1) is 11.7 Å². The molecular formula is C17H31N3. The average Bonchev–Trinajstić information content (AvgIpc) is 2.84. The van der Waals surface area contributed by atoms with Gasteiger partial charge in [-0.05, 0) is 55.9 Å². The molecule has 1 aromatic rings. The molecule has 114 valence electrons. The van der Waals surface area contributed by atoms with Gasteiger partial charge in [0.15, 0.2) is 0 Å². The van der Waals surface area contributed by atoms with Crippen molar-refractivity contribution in [1.82, 2.24) is 9.78 Å². The van der Waals surface area contributed by atoms with E-state index >= 15 is 0 Å². The molecule has 0 amide bonds. The molecule has 2 atom stereocenters. The zero-order valence-electron chi connectivity index (χ0n) is 13.6. The fourth-order valence-electron chi connectivity index (χ4n) is 3.60. The minimum atomic E-state index is 0.348. The molecule has 0 radical (unpaired) electrons. The summed E-state index contributed by atoms with van der Waals surface area (Å²) in [4.78, 5) is 0. The predicted molar refractivity (Wildman–Crippen MR) is 84.6 cm³/mol. The smallest absolute Gasteiger partial charge is 0.0628 e. The molecule has 1 aromatic heterocycles. The fraction of sp³-hybridized carbons (Fsp3) is 0.824. The molecule has 1 fully saturated rings. The summed E-state index contributed by atoms with van der Waals surface area (Å²) in [5.41, 5.74) is 7.99. The summed E-state index contributed by atoms with van der Waals surface area (Å²) in [6.07, 6.45) is 9.12. The fourth-order valence-corrected chi connectivity index (χ4v) is 3.60. The minimum absolute atomic E-state index is 0.348. The van der Waals surface area contributed by atoms with E-state index < -0.39 is 0 Å². The first-order valence-electron chi connectivity index (χ1n) is 8.24. The standard InChI is InChI=1S/C17H31N3/c1-5-15(6-2)20-10-8-14(19-20)11-13-12-17(3,4)9-7-16(13)18/h8,10,13,15-16H,5-7,9,11-12,18H2,1-4H3. The van der Waals surface area contributed by atoms with Crippen molar-refractivity contribution in [2.45, 2.75) is 78.3 Å². The van der Waals surface area contributed by atoms with E-state index in [1.165, 1.54) is 18.5 Å². The van der Waals surface area contributed by atoms with E-state index in [-0.39, 0.29) is 0 Å². The van der Waals surface area contributed by atoms with E-state index in [0.29, 0.717) is 23.4 Å². The maximum atomic E-state index is 6.33. The van der Waals surface area contributed by atoms with Crippen molar-refractivity contribution in [3.63, 3.8) is 0 Å². The van der Waals surface area contributed by atoms with Crippen molar-refractivity contribution in [1.29, 1.82) is 0 Å². The molecule has 0 aromatic carbocycles. The van der Waals surface area contributed by atoms with E-state index in [4.69, 9.17) is 10.8 Å². The lowest BCUT2D eigenvalue weighted by Gasteiger charge is -2.39. The third kappa shape index (κ3) is 3.63. The molecule has 3 nitrogen and oxygen atoms in total. The molecule has 1 saturated carbocycles. The highest BCUT2D eigenvalue weighted by atomic mass is 15.3. The average molecular weight is 277 g/mol. The van der Waals surface area contributed by atoms with E-state index in [0.717, 1.165) is 25.7 Å². The third-order valence-electron chi connectivity index (χ3n) is 5.03. The van der Waals surface area contributed by atoms with Crippen LogP contribution < -0.4 is 5.73 Å². The van der Waals surface area contributed by atoms with Crippen molar-refractivity contribution < 1.29 is 0 Å². The van der Waals surface area contributed by atoms with Crippen LogP contribution in [0.1, 0.15) is 71.5 Å². The molecule has 0 saturated heterocycles. The molecule has 2 unspecified atom stereocenters. The first-order valence-corrected chi connectivity index (χ1v) is 8.24. The summed E-state index contributed by atoms with van der Waals surface area (Å²) >= 11 is 0. The van der Waals surface area contributed by atoms with Gasteiger partial charge in [-0.15, -0.1) is 0 Å². The van der Waals surface area contributed by atoms with Crippen LogP contribution in [0.2, 0.25) is 0 Å². The highest BCUT2D eigenvalue weighted by molar-refractivity contribution is 5.03. The highest BCUT2D eigenvalue weighted by Gasteiger charge is 2.33. The molecule has 1 aliphatic rings. The molecule has 1 heterocycles. The van der Waals surface area contributed by atoms with Crippen molar-refractivity contribution in [2.24, 2.45) is 17.1 Å². The van der Waals surface area contributed by atoms with E-state index in [2.05, 4.69) is 44.6 Å². The number of nitrogens with zero attached hydrogens (tertiary/aromatic N) is 2. The van der Waals surface area contributed by atoms with Crippen LogP contribution in [0.15, 0.2) is 12.3 Å². The quantitative estimate of drug-likeness (QED) is 0.886. The molecule has 20 heavy (non-hydrogen) atoms. The van der Waals surface area contributed by atoms with Gasteiger partial charge in [-0.3, -0.25) is 4.68 Å². The Balaban J connectivity index is 2.02. The van der Waals surface area contributed by atoms with Gasteiger partial charge in [0.1, 0.15) is 0 Å². The molecule has 0 bridgehead atoms. The first kappa shape index (κ1) is 15.6. The lowest BCUT2D eigenvalue weighted by Crippen LogP contribution is -2.40. The Hall–Kier alpha value is -0.830. The number of hydrogen-bond acceptors (Lipinski definition) is 2. The van der Waals surface area contributed by atoms with Crippen LogP contribution in [-0.2, 0) is 6.42 Å². The molecule has 2 N–H and O–H groups in total. The van der Waals surface area contributed by atoms with Crippen LogP contribution in [-0.4, -0.2) is 15.8 Å². The zero-order chi connectivity index (χ0) is 14.8. The Bertz CT molecular complexity index is 418. The Morgan fingerprint density at radius 2 is 2.10 bits per heavy atom. The second kappa shape index (κ2) is 6.30. The van der Waals surface area contributed by atoms with E-state index in [1.54, 1.807) is 0 Å². The monoisotopic (exact) mass is 277 g/mol. The van der Waals surface area contributed by atoms with Crippen molar-refractivity contribution in [3.8, 4) is 0 Å². The molecule has 0 aliphatic heterocycles. The summed E-state index contributed by atoms with van der Waals surface area (Å²) in [7, 11) is 0. The van der Waals surface area contributed by atoms with Gasteiger partial charge in [0, 0.05) is 12.2 Å². The third-order valence-corrected chi connectivity index (χ3v) is 5.03. The highest BCUT2D eigenvalue weighted by Crippen LogP contribution is 2.39. The van der Waals surface area contributed by atoms with E-state index in [9.17, 15) is 0 Å². The van der Waals surface area contributed by atoms with Gasteiger partial charge in [-0.25, -0.2) is 0 Å². The molecular weight excluding hydrogens is 246 g/mol. The topological polar surface area (TPSA) is 43.8 Å². The van der Waals surface area contributed by atoms with Crippen LogP contribution in [0.5, 0.6) is 0 Å². The lowest BCUT2D eigenvalue weighted by molar-refractivity contribution is 0.156. The number of hydrogen-bond donors (Lipinski definition) is 1. The summed E-state index contributed by atoms with van der Waals surface area (Å²) in [6.45, 7) is 9.20. The van der Waals surface area contributed by atoms with Gasteiger partial charge in [0.25, 0.3) is 0 Å². The zero-order valence-corrected chi connectivity index (χ0v) is 13.6. The summed E-state index contributed by atoms with van der Waals surface area (Å²) in [5.74, 6) is 0.587. The normalized spacial score (nSPS) is 26.1. The Kier molecular flexibility index (Phi) is 4.90. The number of nitrogens with two attached hydrogens (primary N) is 1. The maximum Gasteiger partial charge on any atom is 0.0628 e. The summed E-state index contributed by atoms with van der Waals surface area (Å²) in [5, 5.41) is 4.79. The van der Waals surface area contributed by atoms with Gasteiger partial charge in [-0.1, -0.05) is 27.7 Å². The molecule has 2 rings (SSSR count). The van der Waals surface area contributed by atoms with Crippen molar-refractivity contribution >= 4 is 0 Å². The Morgan fingerprint density at radius 1 is 1.40 bits per heavy atom. The van der Waals surface area contributed by atoms with Crippen molar-refractivity contribution in [2.75, 3.05) is 0 Å². The van der Waals surface area contributed by atoms with Crippen LogP contribution in [0.3, 0.4) is 0 Å². The predicted octanol–water partition coefficient (Wildman–Crippen LogP) is 3.94. The molecule has 0 spiro atoms. The summed E-state index contributed by atoms with van der Waals surface area (Å²) < 4.78 is 2.15. The largest absolute Gasteiger partial charge is 0.327 e. The van der Waals surface area contributed by atoms with Gasteiger partial charge in [0.2, 0.25) is 0 Å². The second-order valence-electron chi connectivity index (χ2n) is 7.29. The van der Waals surface area contributed by atoms with Crippen LogP contribution in [0.25, 0.3) is 0 Å². The van der Waals surface area contributed by atoms with Gasteiger partial charge < -0.3 is 5.73 Å². The number of rotatable bonds is 5. The van der Waals surface area contributed by atoms with Crippen LogP contribution in [0, 0.1) is 11.3 Å². The minimum Gasteiger partial charge on any atom is -0.327 e. The molecule has 3 heteroatoms. The number of aromatic nitrogens is 2. The lowest BCUT2D eigenvalue weighted by atomic mass is 9.69. The summed E-state index contributed by atoms with van der Waals surface area (Å²) in [6, 6.07) is 3.08. The Morgan fingerprint density at radius 3 is 2.75 bits per heavy atom. The van der Waals surface area contributed by atoms with Crippen LogP contribution >= 0.6 is 0 Å². The second-order valence-corrected chi connectivity index (χ2v) is 7.29. The van der Waals surface area contributed by atoms with Gasteiger partial charge in [-0.2, -0.15) is 5.10 Å². The van der Waals surface area contributed by atoms with Crippen LogP contribution in [0.4, 0.5) is 0 Å². The van der Waals surface area contributed by atoms with Gasteiger partial charge >= 0.3 is 0 Å². The molecule has 1 aliphatic carbocycles. The Labute approximate surface area is 123 Å².